The Morgan fingerprint density at radius 3 is 2.28 bits per heavy atom. The Bertz CT molecular complexity index is 827. The SMILES string of the molecule is C[C@]12CC[C@H]3[C@@H](CC[C@@]4(O)C[C@](O)(Br)CC[C@]34C)[C@@H]1C[C@H]([N+]1(CN3CCCCC3)CCCCC1)[C@@H]2O. The summed E-state index contributed by atoms with van der Waals surface area (Å²) in [6.07, 6.45) is 15.1. The zero-order valence-corrected chi connectivity index (χ0v) is 24.5. The molecule has 36 heavy (non-hydrogen) atoms. The topological polar surface area (TPSA) is 63.9 Å². The number of alkyl halides is 1. The second-order valence-corrected chi connectivity index (χ2v) is 16.3. The lowest BCUT2D eigenvalue weighted by Crippen LogP contribution is -2.65. The highest BCUT2D eigenvalue weighted by atomic mass is 79.9. The summed E-state index contributed by atoms with van der Waals surface area (Å²) in [6, 6.07) is 0.369. The summed E-state index contributed by atoms with van der Waals surface area (Å²) in [6.45, 7) is 10.9. The molecular formula is C30H52BrN2O3+. The summed E-state index contributed by atoms with van der Waals surface area (Å²) in [5.74, 6) is 1.65. The third-order valence-electron chi connectivity index (χ3n) is 13.1. The van der Waals surface area contributed by atoms with Crippen molar-refractivity contribution in [1.29, 1.82) is 0 Å². The average Bonchev–Trinajstić information content (AvgIpc) is 3.12. The van der Waals surface area contributed by atoms with Crippen LogP contribution >= 0.6 is 15.9 Å². The highest BCUT2D eigenvalue weighted by Crippen LogP contribution is 2.69. The van der Waals surface area contributed by atoms with Crippen LogP contribution in [0.4, 0.5) is 0 Å². The van der Waals surface area contributed by atoms with Gasteiger partial charge >= 0.3 is 0 Å². The van der Waals surface area contributed by atoms with Gasteiger partial charge in [-0.15, -0.1) is 0 Å². The summed E-state index contributed by atoms with van der Waals surface area (Å²) in [5, 5.41) is 34.9. The fraction of sp³-hybridized carbons (Fsp3) is 1.00. The van der Waals surface area contributed by atoms with Gasteiger partial charge in [-0.05, 0) is 93.8 Å². The van der Waals surface area contributed by atoms with Crippen LogP contribution in [0.3, 0.4) is 0 Å². The van der Waals surface area contributed by atoms with Crippen molar-refractivity contribution in [3.05, 3.63) is 0 Å². The van der Waals surface area contributed by atoms with E-state index in [1.807, 2.05) is 0 Å². The van der Waals surface area contributed by atoms with Crippen LogP contribution in [0, 0.1) is 28.6 Å². The van der Waals surface area contributed by atoms with E-state index >= 15 is 0 Å². The Morgan fingerprint density at radius 1 is 0.861 bits per heavy atom. The number of halogens is 1. The molecule has 3 N–H and O–H groups in total. The van der Waals surface area contributed by atoms with E-state index in [0.717, 1.165) is 49.7 Å². The monoisotopic (exact) mass is 567 g/mol. The summed E-state index contributed by atoms with van der Waals surface area (Å²) >= 11 is 3.52. The molecule has 5 nitrogen and oxygen atoms in total. The Kier molecular flexibility index (Phi) is 6.74. The second kappa shape index (κ2) is 9.16. The maximum absolute atomic E-state index is 12.2. The smallest absolute Gasteiger partial charge is 0.135 e. The van der Waals surface area contributed by atoms with Crippen molar-refractivity contribution >= 4 is 15.9 Å². The number of likely N-dealkylation sites (tertiary alicyclic amines) is 2. The van der Waals surface area contributed by atoms with E-state index in [0.29, 0.717) is 30.2 Å². The number of nitrogens with zero attached hydrogens (tertiary/aromatic N) is 2. The maximum atomic E-state index is 12.2. The lowest BCUT2D eigenvalue weighted by atomic mass is 9.43. The van der Waals surface area contributed by atoms with E-state index in [1.54, 1.807) is 0 Å². The first-order valence-corrected chi connectivity index (χ1v) is 16.2. The molecule has 4 aliphatic carbocycles. The van der Waals surface area contributed by atoms with Crippen LogP contribution in [0.25, 0.3) is 0 Å². The molecule has 0 bridgehead atoms. The van der Waals surface area contributed by atoms with Crippen molar-refractivity contribution in [3.8, 4) is 0 Å². The Balaban J connectivity index is 1.28. The number of hydrogen-bond acceptors (Lipinski definition) is 4. The minimum absolute atomic E-state index is 0.00701. The minimum Gasteiger partial charge on any atom is -0.389 e. The molecule has 2 aliphatic heterocycles. The number of fused-ring (bicyclic) bond motifs is 5. The van der Waals surface area contributed by atoms with Gasteiger partial charge in [0.25, 0.3) is 0 Å². The molecule has 2 heterocycles. The standard InChI is InChI=1S/C30H52BrN2O3/c1-27-11-10-23-22(9-12-29(35)20-30(31,36)14-13-28(23,29)2)24(27)19-25(26(27)34)33(17-7-4-8-18-33)21-32-15-5-3-6-16-32/h22-26,34-36H,3-21H2,1-2H3/q+1/t22-,23+,24+,25+,26+,27+,28-,29-,30+/m1/s1. The van der Waals surface area contributed by atoms with E-state index in [1.165, 1.54) is 71.1 Å². The van der Waals surface area contributed by atoms with Crippen LogP contribution in [-0.4, -0.2) is 79.8 Å². The normalized spacial score (nSPS) is 53.3. The predicted molar refractivity (Wildman–Crippen MR) is 146 cm³/mol. The highest BCUT2D eigenvalue weighted by molar-refractivity contribution is 9.10. The molecule has 0 aromatic carbocycles. The largest absolute Gasteiger partial charge is 0.389 e. The first kappa shape index (κ1) is 26.5. The second-order valence-electron chi connectivity index (χ2n) is 14.8. The third kappa shape index (κ3) is 4.01. The van der Waals surface area contributed by atoms with Crippen molar-refractivity contribution in [1.82, 2.24) is 4.90 Å². The van der Waals surface area contributed by atoms with Crippen molar-refractivity contribution in [2.24, 2.45) is 28.6 Å². The van der Waals surface area contributed by atoms with E-state index < -0.39 is 10.1 Å². The zero-order chi connectivity index (χ0) is 25.4. The minimum atomic E-state index is -0.925. The fourth-order valence-electron chi connectivity index (χ4n) is 10.9. The summed E-state index contributed by atoms with van der Waals surface area (Å²) in [4.78, 5) is 2.74. The molecule has 0 radical (unpaired) electrons. The molecule has 0 amide bonds. The molecule has 0 spiro atoms. The van der Waals surface area contributed by atoms with Crippen LogP contribution in [0.2, 0.25) is 0 Å². The molecule has 0 aromatic heterocycles. The van der Waals surface area contributed by atoms with Gasteiger partial charge in [0.2, 0.25) is 0 Å². The number of aliphatic hydroxyl groups is 3. The van der Waals surface area contributed by atoms with Crippen LogP contribution in [0.15, 0.2) is 0 Å². The Labute approximate surface area is 227 Å². The number of rotatable bonds is 3. The van der Waals surface area contributed by atoms with Gasteiger partial charge in [0.05, 0.1) is 18.7 Å². The zero-order valence-electron chi connectivity index (χ0n) is 22.9. The van der Waals surface area contributed by atoms with Crippen LogP contribution < -0.4 is 0 Å². The molecule has 0 unspecified atom stereocenters. The molecular weight excluding hydrogens is 516 g/mol. The van der Waals surface area contributed by atoms with E-state index in [4.69, 9.17) is 0 Å². The molecule has 0 aromatic rings. The van der Waals surface area contributed by atoms with Crippen LogP contribution in [-0.2, 0) is 0 Å². The number of quaternary nitrogens is 1. The van der Waals surface area contributed by atoms with Gasteiger partial charge in [0.1, 0.15) is 23.3 Å². The lowest BCUT2D eigenvalue weighted by Gasteiger charge is -2.64. The van der Waals surface area contributed by atoms with Crippen molar-refractivity contribution in [3.63, 3.8) is 0 Å². The summed E-state index contributed by atoms with van der Waals surface area (Å²) < 4.78 is 0.216. The van der Waals surface area contributed by atoms with E-state index in [9.17, 15) is 15.3 Å². The molecule has 6 aliphatic rings. The molecule has 6 rings (SSSR count). The van der Waals surface area contributed by atoms with Crippen molar-refractivity contribution in [2.75, 3.05) is 32.8 Å². The molecule has 9 atom stereocenters. The maximum Gasteiger partial charge on any atom is 0.135 e. The quantitative estimate of drug-likeness (QED) is 0.331. The van der Waals surface area contributed by atoms with Crippen LogP contribution in [0.1, 0.15) is 104 Å². The first-order chi connectivity index (χ1) is 17.0. The van der Waals surface area contributed by atoms with Crippen molar-refractivity contribution in [2.45, 2.75) is 126 Å². The summed E-state index contributed by atoms with van der Waals surface area (Å²) in [7, 11) is 0. The van der Waals surface area contributed by atoms with E-state index in [2.05, 4.69) is 34.7 Å². The van der Waals surface area contributed by atoms with Gasteiger partial charge in [0, 0.05) is 31.3 Å². The lowest BCUT2D eigenvalue weighted by molar-refractivity contribution is -0.966. The predicted octanol–water partition coefficient (Wildman–Crippen LogP) is 5.01. The highest BCUT2D eigenvalue weighted by Gasteiger charge is 2.69. The van der Waals surface area contributed by atoms with Gasteiger partial charge in [0.15, 0.2) is 0 Å². The fourth-order valence-corrected chi connectivity index (χ4v) is 11.6. The Morgan fingerprint density at radius 2 is 1.56 bits per heavy atom. The molecule has 2 saturated heterocycles. The first-order valence-electron chi connectivity index (χ1n) is 15.4. The van der Waals surface area contributed by atoms with E-state index in [-0.39, 0.29) is 16.9 Å². The van der Waals surface area contributed by atoms with Gasteiger partial charge in [-0.1, -0.05) is 36.2 Å². The summed E-state index contributed by atoms with van der Waals surface area (Å²) in [5.41, 5.74) is -0.914. The van der Waals surface area contributed by atoms with Gasteiger partial charge in [-0.3, -0.25) is 4.90 Å². The van der Waals surface area contributed by atoms with Gasteiger partial charge in [-0.2, -0.15) is 0 Å². The molecule has 6 fully saturated rings. The number of piperidine rings is 2. The van der Waals surface area contributed by atoms with Crippen molar-refractivity contribution < 1.29 is 19.8 Å². The number of hydrogen-bond donors (Lipinski definition) is 3. The van der Waals surface area contributed by atoms with Gasteiger partial charge in [-0.25, -0.2) is 0 Å². The molecule has 6 heteroatoms. The van der Waals surface area contributed by atoms with Crippen LogP contribution in [0.5, 0.6) is 0 Å². The average molecular weight is 569 g/mol. The third-order valence-corrected chi connectivity index (χ3v) is 13.8. The van der Waals surface area contributed by atoms with Gasteiger partial charge < -0.3 is 19.8 Å². The number of aliphatic hydroxyl groups excluding tert-OH is 1. The molecule has 206 valence electrons. The molecule has 4 saturated carbocycles. The Hall–Kier alpha value is 0.280.